The molecule has 3 aromatic rings. The van der Waals surface area contributed by atoms with E-state index in [1.165, 1.54) is 13.2 Å². The third-order valence-corrected chi connectivity index (χ3v) is 4.82. The van der Waals surface area contributed by atoms with Crippen LogP contribution >= 0.6 is 0 Å². The van der Waals surface area contributed by atoms with E-state index in [2.05, 4.69) is 10.2 Å². The van der Waals surface area contributed by atoms with Gasteiger partial charge in [-0.15, -0.1) is 0 Å². The molecule has 0 amide bonds. The van der Waals surface area contributed by atoms with E-state index in [1.807, 2.05) is 14.1 Å². The van der Waals surface area contributed by atoms with Gasteiger partial charge in [0.05, 0.1) is 34.6 Å². The molecule has 2 N–H and O–H groups in total. The maximum absolute atomic E-state index is 13.3. The first-order chi connectivity index (χ1) is 15.3. The van der Waals surface area contributed by atoms with Crippen LogP contribution < -0.4 is 15.5 Å². The van der Waals surface area contributed by atoms with Crippen molar-refractivity contribution in [2.45, 2.75) is 6.42 Å². The predicted molar refractivity (Wildman–Crippen MR) is 129 cm³/mol. The monoisotopic (exact) mass is 480 g/mol. The largest absolute Gasteiger partial charge is 0.497 e. The van der Waals surface area contributed by atoms with E-state index in [0.717, 1.165) is 13.0 Å². The zero-order valence-corrected chi connectivity index (χ0v) is 20.0. The summed E-state index contributed by atoms with van der Waals surface area (Å²) in [4.78, 5) is 26.5. The number of aryl methyl sites for hydroxylation is 1. The molecule has 12 heteroatoms. The minimum Gasteiger partial charge on any atom is -0.497 e. The first-order valence-electron chi connectivity index (χ1n) is 9.94. The number of nitro groups is 1. The van der Waals surface area contributed by atoms with Crippen molar-refractivity contribution in [3.63, 3.8) is 0 Å². The Hall–Kier alpha value is -3.22. The summed E-state index contributed by atoms with van der Waals surface area (Å²) < 4.78 is 32.8. The molecule has 180 valence electrons. The molecule has 0 saturated carbocycles. The highest BCUT2D eigenvalue weighted by atomic mass is 32.2. The Morgan fingerprint density at radius 1 is 1.24 bits per heavy atom. The number of pyridine rings is 1. The van der Waals surface area contributed by atoms with E-state index >= 15 is 0 Å². The van der Waals surface area contributed by atoms with Crippen LogP contribution in [0.3, 0.4) is 0 Å². The van der Waals surface area contributed by atoms with Gasteiger partial charge in [0.15, 0.2) is 5.43 Å². The Morgan fingerprint density at radius 2 is 1.88 bits per heavy atom. The SMILES string of the molecule is COc1ccc2c(c1)c(=O)c1c(NCCCN(C)C)ccc([N+](=O)[O-])c1n2C.CS(=O)(=O)O. The summed E-state index contributed by atoms with van der Waals surface area (Å²) in [5, 5.41) is 15.7. The number of nitrogens with zero attached hydrogens (tertiary/aromatic N) is 3. The predicted octanol–water partition coefficient (Wildman–Crippen LogP) is 2.48. The summed E-state index contributed by atoms with van der Waals surface area (Å²) in [7, 11) is 3.60. The number of methoxy groups -OCH3 is 1. The molecule has 1 heterocycles. The van der Waals surface area contributed by atoms with Crippen molar-refractivity contribution in [1.82, 2.24) is 9.47 Å². The van der Waals surface area contributed by atoms with Gasteiger partial charge in [-0.3, -0.25) is 19.5 Å². The first kappa shape index (κ1) is 26.0. The molecule has 0 atom stereocenters. The number of aromatic nitrogens is 1. The number of benzene rings is 2. The molecule has 33 heavy (non-hydrogen) atoms. The lowest BCUT2D eigenvalue weighted by atomic mass is 10.1. The van der Waals surface area contributed by atoms with E-state index in [4.69, 9.17) is 9.29 Å². The van der Waals surface area contributed by atoms with Crippen LogP contribution in [-0.4, -0.2) is 67.9 Å². The van der Waals surface area contributed by atoms with Gasteiger partial charge in [0.25, 0.3) is 15.8 Å². The van der Waals surface area contributed by atoms with Gasteiger partial charge in [0.2, 0.25) is 0 Å². The Kier molecular flexibility index (Phi) is 8.36. The van der Waals surface area contributed by atoms with Gasteiger partial charge in [-0.1, -0.05) is 0 Å². The summed E-state index contributed by atoms with van der Waals surface area (Å²) in [6, 6.07) is 8.22. The zero-order valence-electron chi connectivity index (χ0n) is 19.2. The lowest BCUT2D eigenvalue weighted by Crippen LogP contribution is -2.17. The molecule has 11 nitrogen and oxygen atoms in total. The standard InChI is InChI=1S/C20H24N4O4.CH4O3S/c1-22(2)11-5-10-21-15-7-9-17(24(26)27)19-18(15)20(25)14-12-13(28-4)6-8-16(14)23(19)3;1-5(2,3)4/h6-9,12,21H,5,10-11H2,1-4H3;1H3,(H,2,3,4). The Bertz CT molecular complexity index is 1330. The van der Waals surface area contributed by atoms with Gasteiger partial charge in [-0.2, -0.15) is 8.42 Å². The van der Waals surface area contributed by atoms with Crippen LogP contribution in [0, 0.1) is 10.1 Å². The number of ether oxygens (including phenoxy) is 1. The lowest BCUT2D eigenvalue weighted by molar-refractivity contribution is -0.383. The molecule has 0 saturated heterocycles. The fourth-order valence-electron chi connectivity index (χ4n) is 3.43. The summed E-state index contributed by atoms with van der Waals surface area (Å²) in [5.74, 6) is 0.565. The van der Waals surface area contributed by atoms with Gasteiger partial charge in [0.1, 0.15) is 11.3 Å². The number of anilines is 1. The van der Waals surface area contributed by atoms with Crippen LogP contribution in [0.4, 0.5) is 11.4 Å². The van der Waals surface area contributed by atoms with Crippen LogP contribution in [0.5, 0.6) is 5.75 Å². The molecule has 0 spiro atoms. The number of nitrogens with one attached hydrogen (secondary N) is 1. The molecule has 0 radical (unpaired) electrons. The molecule has 0 unspecified atom stereocenters. The van der Waals surface area contributed by atoms with Crippen molar-refractivity contribution in [3.05, 3.63) is 50.7 Å². The second kappa shape index (κ2) is 10.6. The van der Waals surface area contributed by atoms with Crippen molar-refractivity contribution in [3.8, 4) is 5.75 Å². The fraction of sp³-hybridized carbons (Fsp3) is 0.381. The quantitative estimate of drug-likeness (QED) is 0.171. The number of nitro benzene ring substituents is 1. The van der Waals surface area contributed by atoms with Gasteiger partial charge in [-0.05, 0) is 51.3 Å². The molecule has 2 aromatic carbocycles. The highest BCUT2D eigenvalue weighted by Gasteiger charge is 2.21. The molecule has 0 aliphatic heterocycles. The summed E-state index contributed by atoms with van der Waals surface area (Å²) in [6.45, 7) is 1.56. The van der Waals surface area contributed by atoms with E-state index in [1.54, 1.807) is 35.9 Å². The second-order valence-electron chi connectivity index (χ2n) is 7.70. The summed E-state index contributed by atoms with van der Waals surface area (Å²) in [6.07, 6.45) is 1.60. The number of hydrogen-bond donors (Lipinski definition) is 2. The average Bonchev–Trinajstić information content (AvgIpc) is 2.72. The summed E-state index contributed by atoms with van der Waals surface area (Å²) >= 11 is 0. The minimum atomic E-state index is -3.67. The third-order valence-electron chi connectivity index (χ3n) is 4.82. The normalized spacial score (nSPS) is 11.4. The van der Waals surface area contributed by atoms with Crippen LogP contribution in [0.2, 0.25) is 0 Å². The molecule has 3 rings (SSSR count). The second-order valence-corrected chi connectivity index (χ2v) is 9.17. The average molecular weight is 481 g/mol. The first-order valence-corrected chi connectivity index (χ1v) is 11.8. The number of non-ortho nitro benzene ring substituents is 1. The highest BCUT2D eigenvalue weighted by Crippen LogP contribution is 2.32. The Labute approximate surface area is 191 Å². The topological polar surface area (TPSA) is 144 Å². The Morgan fingerprint density at radius 3 is 2.42 bits per heavy atom. The molecular formula is C21H28N4O7S. The highest BCUT2D eigenvalue weighted by molar-refractivity contribution is 7.85. The van der Waals surface area contributed by atoms with Crippen molar-refractivity contribution >= 4 is 43.3 Å². The van der Waals surface area contributed by atoms with Crippen LogP contribution in [0.15, 0.2) is 35.1 Å². The van der Waals surface area contributed by atoms with E-state index in [0.29, 0.717) is 46.0 Å². The molecule has 1 aromatic heterocycles. The number of fused-ring (bicyclic) bond motifs is 2. The third kappa shape index (κ3) is 6.63. The van der Waals surface area contributed by atoms with Crippen molar-refractivity contribution in [2.24, 2.45) is 7.05 Å². The van der Waals surface area contributed by atoms with Crippen LogP contribution in [-0.2, 0) is 17.2 Å². The molecule has 0 fully saturated rings. The Balaban J connectivity index is 0.000000696. The fourth-order valence-corrected chi connectivity index (χ4v) is 3.43. The van der Waals surface area contributed by atoms with E-state index < -0.39 is 15.0 Å². The minimum absolute atomic E-state index is 0.0915. The smallest absolute Gasteiger partial charge is 0.293 e. The molecular weight excluding hydrogens is 452 g/mol. The van der Waals surface area contributed by atoms with E-state index in [9.17, 15) is 23.3 Å². The van der Waals surface area contributed by atoms with Crippen molar-refractivity contribution in [2.75, 3.05) is 45.9 Å². The van der Waals surface area contributed by atoms with Gasteiger partial charge < -0.3 is 19.5 Å². The van der Waals surface area contributed by atoms with Gasteiger partial charge in [0, 0.05) is 25.3 Å². The van der Waals surface area contributed by atoms with Gasteiger partial charge >= 0.3 is 0 Å². The molecule has 0 bridgehead atoms. The lowest BCUT2D eigenvalue weighted by Gasteiger charge is -2.16. The summed E-state index contributed by atoms with van der Waals surface area (Å²) in [5.41, 5.74) is 1.19. The maximum Gasteiger partial charge on any atom is 0.293 e. The van der Waals surface area contributed by atoms with Crippen LogP contribution in [0.25, 0.3) is 21.8 Å². The van der Waals surface area contributed by atoms with Crippen molar-refractivity contribution in [1.29, 1.82) is 0 Å². The van der Waals surface area contributed by atoms with Crippen LogP contribution in [0.1, 0.15) is 6.42 Å². The number of rotatable bonds is 7. The van der Waals surface area contributed by atoms with Crippen molar-refractivity contribution < 1.29 is 22.6 Å². The maximum atomic E-state index is 13.3. The molecule has 0 aliphatic carbocycles. The van der Waals surface area contributed by atoms with E-state index in [-0.39, 0.29) is 11.1 Å². The zero-order chi connectivity index (χ0) is 24.9. The molecule has 0 aliphatic rings. The number of hydrogen-bond acceptors (Lipinski definition) is 8. The van der Waals surface area contributed by atoms with Gasteiger partial charge in [-0.25, -0.2) is 0 Å².